The maximum Gasteiger partial charge on any atom is 0.248 e. The summed E-state index contributed by atoms with van der Waals surface area (Å²) >= 11 is 0. The summed E-state index contributed by atoms with van der Waals surface area (Å²) in [6.45, 7) is 2.64. The van der Waals surface area contributed by atoms with Crippen molar-refractivity contribution in [2.45, 2.75) is 44.2 Å². The van der Waals surface area contributed by atoms with Gasteiger partial charge in [0, 0.05) is 6.61 Å². The molecular weight excluding hydrogens is 266 g/mol. The van der Waals surface area contributed by atoms with E-state index in [4.69, 9.17) is 15.0 Å². The molecule has 1 aliphatic carbocycles. The van der Waals surface area contributed by atoms with Crippen LogP contribution in [0.25, 0.3) is 0 Å². The van der Waals surface area contributed by atoms with E-state index in [0.717, 1.165) is 31.2 Å². The highest BCUT2D eigenvalue weighted by atomic mass is 16.5. The zero-order chi connectivity index (χ0) is 14.7. The van der Waals surface area contributed by atoms with Gasteiger partial charge in [0.2, 0.25) is 11.7 Å². The summed E-state index contributed by atoms with van der Waals surface area (Å²) in [5.41, 5.74) is 6.79. The SMILES string of the molecule is CCOC1(c2noc([C@H](N)c3ccccc3)n2)CCCC1. The number of hydrogen-bond acceptors (Lipinski definition) is 5. The molecule has 21 heavy (non-hydrogen) atoms. The van der Waals surface area contributed by atoms with Crippen molar-refractivity contribution in [3.8, 4) is 0 Å². The van der Waals surface area contributed by atoms with Gasteiger partial charge in [-0.25, -0.2) is 0 Å². The van der Waals surface area contributed by atoms with Gasteiger partial charge in [-0.05, 0) is 38.2 Å². The van der Waals surface area contributed by atoms with Crippen molar-refractivity contribution in [3.05, 3.63) is 47.6 Å². The van der Waals surface area contributed by atoms with Crippen molar-refractivity contribution in [2.24, 2.45) is 5.73 Å². The minimum Gasteiger partial charge on any atom is -0.367 e. The Balaban J connectivity index is 1.86. The zero-order valence-electron chi connectivity index (χ0n) is 12.3. The number of nitrogens with zero attached hydrogens (tertiary/aromatic N) is 2. The monoisotopic (exact) mass is 287 g/mol. The van der Waals surface area contributed by atoms with Crippen LogP contribution in [0.4, 0.5) is 0 Å². The molecule has 1 fully saturated rings. The Hall–Kier alpha value is -1.72. The van der Waals surface area contributed by atoms with Gasteiger partial charge < -0.3 is 15.0 Å². The van der Waals surface area contributed by atoms with E-state index in [-0.39, 0.29) is 5.60 Å². The fraction of sp³-hybridized carbons (Fsp3) is 0.500. The lowest BCUT2D eigenvalue weighted by Crippen LogP contribution is -2.28. The van der Waals surface area contributed by atoms with Gasteiger partial charge in [0.25, 0.3) is 0 Å². The molecule has 0 aliphatic heterocycles. The summed E-state index contributed by atoms with van der Waals surface area (Å²) in [4.78, 5) is 4.53. The number of hydrogen-bond donors (Lipinski definition) is 1. The standard InChI is InChI=1S/C16H21N3O2/c1-2-20-16(10-6-7-11-16)15-18-14(21-19-15)13(17)12-8-4-3-5-9-12/h3-5,8-9,13H,2,6-7,10-11,17H2,1H3/t13-/m1/s1. The van der Waals surface area contributed by atoms with Crippen LogP contribution >= 0.6 is 0 Å². The molecule has 5 nitrogen and oxygen atoms in total. The van der Waals surface area contributed by atoms with Gasteiger partial charge in [0.05, 0.1) is 0 Å². The third-order valence-electron chi connectivity index (χ3n) is 4.11. The Morgan fingerprint density at radius 3 is 2.67 bits per heavy atom. The van der Waals surface area contributed by atoms with Crippen molar-refractivity contribution >= 4 is 0 Å². The van der Waals surface area contributed by atoms with Crippen molar-refractivity contribution in [2.75, 3.05) is 6.61 Å². The van der Waals surface area contributed by atoms with Gasteiger partial charge in [0.1, 0.15) is 11.6 Å². The molecular formula is C16H21N3O2. The van der Waals surface area contributed by atoms with Crippen LogP contribution in [0.3, 0.4) is 0 Å². The summed E-state index contributed by atoms with van der Waals surface area (Å²) in [7, 11) is 0. The molecule has 1 aromatic carbocycles. The van der Waals surface area contributed by atoms with Crippen molar-refractivity contribution < 1.29 is 9.26 Å². The first-order valence-corrected chi connectivity index (χ1v) is 7.54. The summed E-state index contributed by atoms with van der Waals surface area (Å²) in [6.07, 6.45) is 4.16. The first kappa shape index (κ1) is 14.2. The third kappa shape index (κ3) is 2.71. The molecule has 0 saturated heterocycles. The predicted molar refractivity (Wildman–Crippen MR) is 78.5 cm³/mol. The molecule has 1 saturated carbocycles. The van der Waals surface area contributed by atoms with E-state index in [1.165, 1.54) is 0 Å². The van der Waals surface area contributed by atoms with Crippen LogP contribution in [-0.4, -0.2) is 16.7 Å². The van der Waals surface area contributed by atoms with E-state index in [2.05, 4.69) is 10.1 Å². The van der Waals surface area contributed by atoms with Crippen molar-refractivity contribution in [1.82, 2.24) is 10.1 Å². The minimum absolute atomic E-state index is 0.382. The van der Waals surface area contributed by atoms with Gasteiger partial charge in [-0.1, -0.05) is 35.5 Å². The number of aromatic nitrogens is 2. The Bertz CT molecular complexity index is 576. The highest BCUT2D eigenvalue weighted by Gasteiger charge is 2.41. The average molecular weight is 287 g/mol. The highest BCUT2D eigenvalue weighted by molar-refractivity contribution is 5.23. The number of benzene rings is 1. The Kier molecular flexibility index (Phi) is 4.03. The predicted octanol–water partition coefficient (Wildman–Crippen LogP) is 2.92. The molecule has 0 radical (unpaired) electrons. The van der Waals surface area contributed by atoms with E-state index < -0.39 is 6.04 Å². The van der Waals surface area contributed by atoms with Crippen LogP contribution < -0.4 is 5.73 Å². The van der Waals surface area contributed by atoms with Crippen molar-refractivity contribution in [1.29, 1.82) is 0 Å². The van der Waals surface area contributed by atoms with E-state index in [0.29, 0.717) is 18.3 Å². The molecule has 1 aliphatic rings. The van der Waals surface area contributed by atoms with Gasteiger partial charge >= 0.3 is 0 Å². The van der Waals surface area contributed by atoms with Crippen LogP contribution in [-0.2, 0) is 10.3 Å². The summed E-state index contributed by atoms with van der Waals surface area (Å²) in [5, 5.41) is 4.14. The highest BCUT2D eigenvalue weighted by Crippen LogP contribution is 2.41. The first-order chi connectivity index (χ1) is 10.2. The van der Waals surface area contributed by atoms with Gasteiger partial charge in [0.15, 0.2) is 0 Å². The average Bonchev–Trinajstić information content (AvgIpc) is 3.17. The Morgan fingerprint density at radius 2 is 2.00 bits per heavy atom. The molecule has 0 spiro atoms. The molecule has 1 atom stereocenters. The largest absolute Gasteiger partial charge is 0.367 e. The zero-order valence-corrected chi connectivity index (χ0v) is 12.3. The molecule has 112 valence electrons. The quantitative estimate of drug-likeness (QED) is 0.915. The molecule has 0 bridgehead atoms. The van der Waals surface area contributed by atoms with Crippen LogP contribution in [0.2, 0.25) is 0 Å². The second-order valence-corrected chi connectivity index (χ2v) is 5.48. The lowest BCUT2D eigenvalue weighted by molar-refractivity contribution is -0.0469. The Morgan fingerprint density at radius 1 is 1.29 bits per heavy atom. The Labute approximate surface area is 124 Å². The van der Waals surface area contributed by atoms with Crippen LogP contribution in [0, 0.1) is 0 Å². The van der Waals surface area contributed by atoms with Crippen LogP contribution in [0.15, 0.2) is 34.9 Å². The number of ether oxygens (including phenoxy) is 1. The second-order valence-electron chi connectivity index (χ2n) is 5.48. The second kappa shape index (κ2) is 5.95. The molecule has 1 heterocycles. The third-order valence-corrected chi connectivity index (χ3v) is 4.11. The molecule has 2 N–H and O–H groups in total. The first-order valence-electron chi connectivity index (χ1n) is 7.54. The van der Waals surface area contributed by atoms with Crippen LogP contribution in [0.1, 0.15) is 55.9 Å². The smallest absolute Gasteiger partial charge is 0.248 e. The lowest BCUT2D eigenvalue weighted by atomic mass is 10.0. The molecule has 2 aromatic rings. The lowest BCUT2D eigenvalue weighted by Gasteiger charge is -2.24. The molecule has 0 amide bonds. The van der Waals surface area contributed by atoms with Crippen LogP contribution in [0.5, 0.6) is 0 Å². The summed E-state index contributed by atoms with van der Waals surface area (Å²) in [6, 6.07) is 9.38. The minimum atomic E-state index is -0.396. The van der Waals surface area contributed by atoms with Gasteiger partial charge in [-0.3, -0.25) is 0 Å². The maximum absolute atomic E-state index is 6.21. The number of rotatable bonds is 5. The number of nitrogens with two attached hydrogens (primary N) is 1. The summed E-state index contributed by atoms with van der Waals surface area (Å²) < 4.78 is 11.3. The molecule has 0 unspecified atom stereocenters. The maximum atomic E-state index is 6.21. The van der Waals surface area contributed by atoms with Gasteiger partial charge in [-0.2, -0.15) is 4.98 Å². The van der Waals surface area contributed by atoms with E-state index >= 15 is 0 Å². The fourth-order valence-electron chi connectivity index (χ4n) is 3.00. The van der Waals surface area contributed by atoms with E-state index in [1.807, 2.05) is 37.3 Å². The summed E-state index contributed by atoms with van der Waals surface area (Å²) in [5.74, 6) is 1.09. The van der Waals surface area contributed by atoms with E-state index in [1.54, 1.807) is 0 Å². The van der Waals surface area contributed by atoms with Gasteiger partial charge in [-0.15, -0.1) is 0 Å². The van der Waals surface area contributed by atoms with E-state index in [9.17, 15) is 0 Å². The molecule has 3 rings (SSSR count). The molecule has 5 heteroatoms. The fourth-order valence-corrected chi connectivity index (χ4v) is 3.00. The normalized spacial score (nSPS) is 18.8. The topological polar surface area (TPSA) is 74.2 Å². The molecule has 1 aromatic heterocycles. The van der Waals surface area contributed by atoms with Crippen molar-refractivity contribution in [3.63, 3.8) is 0 Å².